The molecule has 1 saturated heterocycles. The third kappa shape index (κ3) is 2.70. The van der Waals surface area contributed by atoms with Gasteiger partial charge in [-0.15, -0.1) is 0 Å². The highest BCUT2D eigenvalue weighted by Gasteiger charge is 2.39. The van der Waals surface area contributed by atoms with E-state index in [2.05, 4.69) is 0 Å². The molecule has 20 heavy (non-hydrogen) atoms. The van der Waals surface area contributed by atoms with E-state index in [0.29, 0.717) is 26.1 Å². The van der Waals surface area contributed by atoms with Gasteiger partial charge in [0.1, 0.15) is 10.7 Å². The summed E-state index contributed by atoms with van der Waals surface area (Å²) in [6.45, 7) is 4.66. The van der Waals surface area contributed by atoms with Crippen LogP contribution in [0.3, 0.4) is 0 Å². The molecule has 1 aliphatic heterocycles. The van der Waals surface area contributed by atoms with Crippen molar-refractivity contribution in [1.82, 2.24) is 4.31 Å². The summed E-state index contributed by atoms with van der Waals surface area (Å²) in [4.78, 5) is -0.0423. The van der Waals surface area contributed by atoms with Gasteiger partial charge in [0.15, 0.2) is 0 Å². The molecule has 7 heteroatoms. The topological polar surface area (TPSA) is 63.4 Å². The second kappa shape index (κ2) is 5.26. The molecule has 112 valence electrons. The van der Waals surface area contributed by atoms with Gasteiger partial charge in [0.2, 0.25) is 10.0 Å². The third-order valence-corrected chi connectivity index (χ3v) is 6.16. The summed E-state index contributed by atoms with van der Waals surface area (Å²) in [5.74, 6) is -0.512. The standard InChI is InChI=1S/C13H18ClFN2O2S/c1-9-5-12(10(14)6-11(9)15)20(18,19)17-4-3-13(2,7-16)8-17/h5-6H,3-4,7-8,16H2,1-2H3. The van der Waals surface area contributed by atoms with E-state index in [1.807, 2.05) is 6.92 Å². The molecule has 1 unspecified atom stereocenters. The van der Waals surface area contributed by atoms with Crippen LogP contribution >= 0.6 is 11.6 Å². The van der Waals surface area contributed by atoms with Gasteiger partial charge in [-0.25, -0.2) is 12.8 Å². The quantitative estimate of drug-likeness (QED) is 0.928. The van der Waals surface area contributed by atoms with Gasteiger partial charge in [-0.2, -0.15) is 4.31 Å². The largest absolute Gasteiger partial charge is 0.330 e. The number of aryl methyl sites for hydroxylation is 1. The van der Waals surface area contributed by atoms with Crippen molar-refractivity contribution in [2.45, 2.75) is 25.2 Å². The summed E-state index contributed by atoms with van der Waals surface area (Å²) >= 11 is 5.90. The summed E-state index contributed by atoms with van der Waals surface area (Å²) in [6, 6.07) is 2.33. The van der Waals surface area contributed by atoms with Crippen LogP contribution in [0, 0.1) is 18.2 Å². The summed E-state index contributed by atoms with van der Waals surface area (Å²) < 4.78 is 40.0. The van der Waals surface area contributed by atoms with E-state index >= 15 is 0 Å². The number of sulfonamides is 1. The molecule has 0 saturated carbocycles. The molecule has 1 aromatic rings. The number of benzene rings is 1. The fraction of sp³-hybridized carbons (Fsp3) is 0.538. The Labute approximate surface area is 123 Å². The molecule has 0 radical (unpaired) electrons. The lowest BCUT2D eigenvalue weighted by atomic mass is 9.90. The number of halogens is 2. The first-order valence-electron chi connectivity index (χ1n) is 6.35. The zero-order valence-corrected chi connectivity index (χ0v) is 13.1. The van der Waals surface area contributed by atoms with Crippen LogP contribution in [0.5, 0.6) is 0 Å². The fourth-order valence-corrected chi connectivity index (χ4v) is 4.48. The molecule has 2 rings (SSSR count). The maximum Gasteiger partial charge on any atom is 0.244 e. The monoisotopic (exact) mass is 320 g/mol. The minimum absolute atomic E-state index is 0.0423. The van der Waals surface area contributed by atoms with E-state index in [9.17, 15) is 12.8 Å². The van der Waals surface area contributed by atoms with E-state index in [0.717, 1.165) is 6.07 Å². The van der Waals surface area contributed by atoms with E-state index < -0.39 is 15.8 Å². The highest BCUT2D eigenvalue weighted by molar-refractivity contribution is 7.89. The van der Waals surface area contributed by atoms with Gasteiger partial charge in [0.05, 0.1) is 5.02 Å². The van der Waals surface area contributed by atoms with E-state index in [1.165, 1.54) is 17.3 Å². The van der Waals surface area contributed by atoms with Crippen molar-refractivity contribution in [1.29, 1.82) is 0 Å². The molecule has 1 heterocycles. The highest BCUT2D eigenvalue weighted by atomic mass is 35.5. The maximum absolute atomic E-state index is 13.4. The minimum Gasteiger partial charge on any atom is -0.330 e. The average molecular weight is 321 g/mol. The smallest absolute Gasteiger partial charge is 0.244 e. The summed E-state index contributed by atoms with van der Waals surface area (Å²) in [5.41, 5.74) is 5.73. The van der Waals surface area contributed by atoms with Gasteiger partial charge in [0.25, 0.3) is 0 Å². The molecule has 1 atom stereocenters. The van der Waals surface area contributed by atoms with Crippen molar-refractivity contribution in [3.8, 4) is 0 Å². The molecule has 0 bridgehead atoms. The van der Waals surface area contributed by atoms with Crippen LogP contribution in [0.1, 0.15) is 18.9 Å². The van der Waals surface area contributed by atoms with Crippen molar-refractivity contribution in [3.05, 3.63) is 28.5 Å². The molecule has 0 spiro atoms. The third-order valence-electron chi connectivity index (χ3n) is 3.85. The Morgan fingerprint density at radius 2 is 2.15 bits per heavy atom. The van der Waals surface area contributed by atoms with Crippen LogP contribution in [0.2, 0.25) is 5.02 Å². The lowest BCUT2D eigenvalue weighted by Gasteiger charge is -2.22. The van der Waals surface area contributed by atoms with Crippen molar-refractivity contribution in [2.75, 3.05) is 19.6 Å². The fourth-order valence-electron chi connectivity index (χ4n) is 2.32. The summed E-state index contributed by atoms with van der Waals surface area (Å²) in [7, 11) is -3.71. The zero-order chi connectivity index (χ0) is 15.1. The highest BCUT2D eigenvalue weighted by Crippen LogP contribution is 2.35. The van der Waals surface area contributed by atoms with Gasteiger partial charge < -0.3 is 5.73 Å². The van der Waals surface area contributed by atoms with Crippen LogP contribution in [-0.4, -0.2) is 32.4 Å². The SMILES string of the molecule is Cc1cc(S(=O)(=O)N2CCC(C)(CN)C2)c(Cl)cc1F. The molecule has 1 aromatic carbocycles. The van der Waals surface area contributed by atoms with Gasteiger partial charge in [0, 0.05) is 13.1 Å². The van der Waals surface area contributed by atoms with E-state index in [1.54, 1.807) is 0 Å². The first-order chi connectivity index (χ1) is 9.19. The second-order valence-corrected chi connectivity index (χ2v) is 7.95. The normalized spacial score (nSPS) is 24.2. The lowest BCUT2D eigenvalue weighted by Crippen LogP contribution is -2.34. The van der Waals surface area contributed by atoms with Crippen LogP contribution < -0.4 is 5.73 Å². The Hall–Kier alpha value is -0.690. The first-order valence-corrected chi connectivity index (χ1v) is 8.17. The maximum atomic E-state index is 13.4. The molecular formula is C13H18ClFN2O2S. The summed E-state index contributed by atoms with van der Waals surface area (Å²) in [6.07, 6.45) is 0.709. The molecular weight excluding hydrogens is 303 g/mol. The number of rotatable bonds is 3. The van der Waals surface area contributed by atoms with Crippen LogP contribution in [0.4, 0.5) is 4.39 Å². The Bertz CT molecular complexity index is 636. The van der Waals surface area contributed by atoms with Crippen molar-refractivity contribution in [3.63, 3.8) is 0 Å². The first kappa shape index (κ1) is 15.7. The molecule has 4 nitrogen and oxygen atoms in total. The average Bonchev–Trinajstić information content (AvgIpc) is 2.78. The Balaban J connectivity index is 2.40. The van der Waals surface area contributed by atoms with Gasteiger partial charge in [-0.1, -0.05) is 18.5 Å². The second-order valence-electron chi connectivity index (χ2n) is 5.64. The molecule has 0 amide bonds. The molecule has 1 fully saturated rings. The number of hydrogen-bond donors (Lipinski definition) is 1. The number of nitrogens with zero attached hydrogens (tertiary/aromatic N) is 1. The Morgan fingerprint density at radius 3 is 2.70 bits per heavy atom. The van der Waals surface area contributed by atoms with Crippen molar-refractivity contribution < 1.29 is 12.8 Å². The van der Waals surface area contributed by atoms with Crippen LogP contribution in [-0.2, 0) is 10.0 Å². The molecule has 1 aliphatic rings. The lowest BCUT2D eigenvalue weighted by molar-refractivity contribution is 0.349. The minimum atomic E-state index is -3.71. The van der Waals surface area contributed by atoms with Crippen LogP contribution in [0.25, 0.3) is 0 Å². The zero-order valence-electron chi connectivity index (χ0n) is 11.5. The Kier molecular flexibility index (Phi) is 4.12. The van der Waals surface area contributed by atoms with Crippen molar-refractivity contribution >= 4 is 21.6 Å². The van der Waals surface area contributed by atoms with Gasteiger partial charge in [-0.3, -0.25) is 0 Å². The van der Waals surface area contributed by atoms with Gasteiger partial charge >= 0.3 is 0 Å². The molecule has 0 aliphatic carbocycles. The molecule has 0 aromatic heterocycles. The van der Waals surface area contributed by atoms with Crippen LogP contribution in [0.15, 0.2) is 17.0 Å². The predicted octanol–water partition coefficient (Wildman–Crippen LogP) is 2.15. The number of nitrogens with two attached hydrogens (primary N) is 1. The molecule has 2 N–H and O–H groups in total. The van der Waals surface area contributed by atoms with E-state index in [4.69, 9.17) is 17.3 Å². The summed E-state index contributed by atoms with van der Waals surface area (Å²) in [5, 5.41) is -0.0885. The van der Waals surface area contributed by atoms with E-state index in [-0.39, 0.29) is 20.9 Å². The van der Waals surface area contributed by atoms with Crippen molar-refractivity contribution in [2.24, 2.45) is 11.1 Å². The van der Waals surface area contributed by atoms with Gasteiger partial charge in [-0.05, 0) is 43.0 Å². The predicted molar refractivity (Wildman–Crippen MR) is 76.7 cm³/mol. The Morgan fingerprint density at radius 1 is 1.50 bits per heavy atom. The number of hydrogen-bond acceptors (Lipinski definition) is 3.